The van der Waals surface area contributed by atoms with Crippen LogP contribution in [-0.2, 0) is 9.53 Å². The second-order valence-corrected chi connectivity index (χ2v) is 5.35. The maximum absolute atomic E-state index is 12.1. The first-order valence-corrected chi connectivity index (χ1v) is 7.94. The Morgan fingerprint density at radius 2 is 1.84 bits per heavy atom. The highest BCUT2D eigenvalue weighted by Crippen LogP contribution is 2.18. The minimum absolute atomic E-state index is 0.279. The number of amides is 1. The summed E-state index contributed by atoms with van der Waals surface area (Å²) in [6.07, 6.45) is 3.16. The summed E-state index contributed by atoms with van der Waals surface area (Å²) in [7, 11) is 1.32. The van der Waals surface area contributed by atoms with Crippen molar-refractivity contribution in [2.24, 2.45) is 0 Å². The lowest BCUT2D eigenvalue weighted by atomic mass is 10.1. The molecule has 0 bridgehead atoms. The topological polar surface area (TPSA) is 64.6 Å². The molecule has 5 heteroatoms. The van der Waals surface area contributed by atoms with Gasteiger partial charge in [0.05, 0.1) is 19.3 Å². The number of nitrogens with one attached hydrogen (secondary N) is 1. The fraction of sp³-hybridized carbons (Fsp3) is 0.200. The third-order valence-electron chi connectivity index (χ3n) is 3.53. The molecule has 0 saturated carbocycles. The van der Waals surface area contributed by atoms with Gasteiger partial charge in [-0.1, -0.05) is 18.2 Å². The summed E-state index contributed by atoms with van der Waals surface area (Å²) in [6, 6.07) is 12.5. The van der Waals surface area contributed by atoms with E-state index in [9.17, 15) is 9.59 Å². The van der Waals surface area contributed by atoms with Crippen molar-refractivity contribution < 1.29 is 19.1 Å². The van der Waals surface area contributed by atoms with E-state index in [0.717, 1.165) is 16.9 Å². The zero-order valence-corrected chi connectivity index (χ0v) is 14.5. The van der Waals surface area contributed by atoms with Gasteiger partial charge in [-0.05, 0) is 55.3 Å². The second kappa shape index (κ2) is 8.68. The van der Waals surface area contributed by atoms with Crippen LogP contribution in [0.3, 0.4) is 0 Å². The Kier molecular flexibility index (Phi) is 6.34. The number of anilines is 1. The quantitative estimate of drug-likeness (QED) is 0.642. The molecule has 0 atom stereocenters. The highest BCUT2D eigenvalue weighted by Gasteiger charge is 2.09. The Balaban J connectivity index is 2.05. The van der Waals surface area contributed by atoms with Gasteiger partial charge in [0, 0.05) is 11.8 Å². The molecule has 0 unspecified atom stereocenters. The Bertz CT molecular complexity index is 779. The molecule has 0 fully saturated rings. The molecule has 2 aromatic carbocycles. The van der Waals surface area contributed by atoms with E-state index in [0.29, 0.717) is 17.9 Å². The first kappa shape index (κ1) is 18.3. The van der Waals surface area contributed by atoms with Gasteiger partial charge in [0.2, 0.25) is 5.91 Å². The van der Waals surface area contributed by atoms with Crippen LogP contribution in [0.5, 0.6) is 5.75 Å². The molecule has 0 aliphatic rings. The first-order chi connectivity index (χ1) is 12.0. The van der Waals surface area contributed by atoms with Gasteiger partial charge in [-0.3, -0.25) is 4.79 Å². The maximum Gasteiger partial charge on any atom is 0.337 e. The molecule has 0 aliphatic carbocycles. The van der Waals surface area contributed by atoms with E-state index in [1.54, 1.807) is 24.3 Å². The molecule has 0 aromatic heterocycles. The number of carbonyl (C=O) groups is 2. The SMILES string of the molecule is CCOc1ccc(/C=C/C(=O)Nc2cc(C(=O)OC)ccc2C)cc1. The number of hydrogen-bond acceptors (Lipinski definition) is 4. The Hall–Kier alpha value is -3.08. The minimum Gasteiger partial charge on any atom is -0.494 e. The molecular formula is C20H21NO4. The number of benzene rings is 2. The van der Waals surface area contributed by atoms with Crippen LogP contribution in [0.25, 0.3) is 6.08 Å². The van der Waals surface area contributed by atoms with Crippen LogP contribution < -0.4 is 10.1 Å². The average Bonchev–Trinajstić information content (AvgIpc) is 2.62. The monoisotopic (exact) mass is 339 g/mol. The van der Waals surface area contributed by atoms with Gasteiger partial charge in [-0.2, -0.15) is 0 Å². The lowest BCUT2D eigenvalue weighted by molar-refractivity contribution is -0.111. The van der Waals surface area contributed by atoms with Crippen molar-refractivity contribution >= 4 is 23.6 Å². The third-order valence-corrected chi connectivity index (χ3v) is 3.53. The number of hydrogen-bond donors (Lipinski definition) is 1. The van der Waals surface area contributed by atoms with Crippen molar-refractivity contribution in [3.05, 3.63) is 65.2 Å². The summed E-state index contributed by atoms with van der Waals surface area (Å²) in [5, 5.41) is 2.77. The summed E-state index contributed by atoms with van der Waals surface area (Å²) in [5.41, 5.74) is 2.71. The summed E-state index contributed by atoms with van der Waals surface area (Å²) in [6.45, 7) is 4.39. The van der Waals surface area contributed by atoms with E-state index in [1.165, 1.54) is 13.2 Å². The van der Waals surface area contributed by atoms with Crippen molar-refractivity contribution in [3.8, 4) is 5.75 Å². The van der Waals surface area contributed by atoms with Gasteiger partial charge in [-0.15, -0.1) is 0 Å². The summed E-state index contributed by atoms with van der Waals surface area (Å²) in [5.74, 6) is 0.0683. The smallest absolute Gasteiger partial charge is 0.337 e. The van der Waals surface area contributed by atoms with Crippen LogP contribution in [0, 0.1) is 6.92 Å². The van der Waals surface area contributed by atoms with Crippen molar-refractivity contribution in [2.45, 2.75) is 13.8 Å². The number of methoxy groups -OCH3 is 1. The lowest BCUT2D eigenvalue weighted by Gasteiger charge is -2.08. The Morgan fingerprint density at radius 3 is 2.48 bits per heavy atom. The third kappa shape index (κ3) is 5.21. The van der Waals surface area contributed by atoms with Crippen LogP contribution in [-0.4, -0.2) is 25.6 Å². The maximum atomic E-state index is 12.1. The van der Waals surface area contributed by atoms with Gasteiger partial charge in [-0.25, -0.2) is 4.79 Å². The normalized spacial score (nSPS) is 10.5. The number of esters is 1. The van der Waals surface area contributed by atoms with E-state index in [4.69, 9.17) is 9.47 Å². The predicted molar refractivity (Wildman–Crippen MR) is 97.8 cm³/mol. The highest BCUT2D eigenvalue weighted by atomic mass is 16.5. The number of rotatable bonds is 6. The van der Waals surface area contributed by atoms with Crippen molar-refractivity contribution in [3.63, 3.8) is 0 Å². The molecule has 2 rings (SSSR count). The van der Waals surface area contributed by atoms with E-state index in [2.05, 4.69) is 5.32 Å². The first-order valence-electron chi connectivity index (χ1n) is 7.94. The van der Waals surface area contributed by atoms with Crippen LogP contribution in [0.4, 0.5) is 5.69 Å². The predicted octanol–water partition coefficient (Wildman–Crippen LogP) is 3.83. The van der Waals surface area contributed by atoms with Gasteiger partial charge in [0.15, 0.2) is 0 Å². The zero-order valence-electron chi connectivity index (χ0n) is 14.5. The molecule has 130 valence electrons. The van der Waals surface area contributed by atoms with Crippen LogP contribution in [0.2, 0.25) is 0 Å². The largest absolute Gasteiger partial charge is 0.494 e. The van der Waals surface area contributed by atoms with Gasteiger partial charge in [0.25, 0.3) is 0 Å². The fourth-order valence-electron chi connectivity index (χ4n) is 2.19. The zero-order chi connectivity index (χ0) is 18.2. The summed E-state index contributed by atoms with van der Waals surface area (Å²) >= 11 is 0. The highest BCUT2D eigenvalue weighted by molar-refractivity contribution is 6.03. The molecule has 1 amide bonds. The van der Waals surface area contributed by atoms with Crippen LogP contribution >= 0.6 is 0 Å². The second-order valence-electron chi connectivity index (χ2n) is 5.35. The molecule has 0 radical (unpaired) electrons. The molecule has 0 heterocycles. The molecule has 0 saturated heterocycles. The number of ether oxygens (including phenoxy) is 2. The number of aryl methyl sites for hydroxylation is 1. The Morgan fingerprint density at radius 1 is 1.12 bits per heavy atom. The standard InChI is InChI=1S/C20H21NO4/c1-4-25-17-10-6-15(7-11-17)8-12-19(22)21-18-13-16(20(23)24-3)9-5-14(18)2/h5-13H,4H2,1-3H3,(H,21,22)/b12-8+. The summed E-state index contributed by atoms with van der Waals surface area (Å²) in [4.78, 5) is 23.7. The lowest BCUT2D eigenvalue weighted by Crippen LogP contribution is -2.10. The molecule has 0 spiro atoms. The molecule has 25 heavy (non-hydrogen) atoms. The molecule has 2 aromatic rings. The number of carbonyl (C=O) groups excluding carboxylic acids is 2. The molecule has 5 nitrogen and oxygen atoms in total. The van der Waals surface area contributed by atoms with Gasteiger partial charge < -0.3 is 14.8 Å². The van der Waals surface area contributed by atoms with E-state index >= 15 is 0 Å². The summed E-state index contributed by atoms with van der Waals surface area (Å²) < 4.78 is 10.1. The molecule has 1 N–H and O–H groups in total. The van der Waals surface area contributed by atoms with Crippen molar-refractivity contribution in [1.82, 2.24) is 0 Å². The minimum atomic E-state index is -0.444. The average molecular weight is 339 g/mol. The fourth-order valence-corrected chi connectivity index (χ4v) is 2.19. The van der Waals surface area contributed by atoms with E-state index < -0.39 is 5.97 Å². The molecule has 0 aliphatic heterocycles. The van der Waals surface area contributed by atoms with E-state index in [-0.39, 0.29) is 5.91 Å². The van der Waals surface area contributed by atoms with Crippen molar-refractivity contribution in [2.75, 3.05) is 19.0 Å². The molecular weight excluding hydrogens is 318 g/mol. The Labute approximate surface area is 147 Å². The van der Waals surface area contributed by atoms with Crippen LogP contribution in [0.1, 0.15) is 28.4 Å². The van der Waals surface area contributed by atoms with Gasteiger partial charge >= 0.3 is 5.97 Å². The van der Waals surface area contributed by atoms with E-state index in [1.807, 2.05) is 38.1 Å². The van der Waals surface area contributed by atoms with Gasteiger partial charge in [0.1, 0.15) is 5.75 Å². The van der Waals surface area contributed by atoms with Crippen molar-refractivity contribution in [1.29, 1.82) is 0 Å². The van der Waals surface area contributed by atoms with Crippen LogP contribution in [0.15, 0.2) is 48.5 Å².